The quantitative estimate of drug-likeness (QED) is 0.441. The zero-order valence-corrected chi connectivity index (χ0v) is 8.40. The summed E-state index contributed by atoms with van der Waals surface area (Å²) in [5.74, 6) is -0.332. The summed E-state index contributed by atoms with van der Waals surface area (Å²) in [6.07, 6.45) is 4.73. The number of carbonyl (C=O) groups excluding carboxylic acids is 1. The van der Waals surface area contributed by atoms with E-state index in [1.165, 1.54) is 0 Å². The Morgan fingerprint density at radius 2 is 2.20 bits per heavy atom. The van der Waals surface area contributed by atoms with Crippen LogP contribution in [0.2, 0.25) is 0 Å². The number of aromatic nitrogens is 1. The summed E-state index contributed by atoms with van der Waals surface area (Å²) in [5.41, 5.74) is 0.379. The molecule has 0 atom stereocenters. The van der Waals surface area contributed by atoms with Crippen LogP contribution >= 0.6 is 0 Å². The van der Waals surface area contributed by atoms with Crippen LogP contribution in [-0.2, 0) is 4.74 Å². The summed E-state index contributed by atoms with van der Waals surface area (Å²) in [5, 5.41) is 0. The summed E-state index contributed by atoms with van der Waals surface area (Å²) in [6.45, 7) is 2.60. The van der Waals surface area contributed by atoms with Crippen molar-refractivity contribution in [3.63, 3.8) is 0 Å². The molecule has 0 aromatic carbocycles. The first kappa shape index (κ1) is 14.9. The topological polar surface area (TPSA) is 39.2 Å². The maximum atomic E-state index is 11.3. The van der Waals surface area contributed by atoms with E-state index in [4.69, 9.17) is 4.74 Å². The number of hydrogen-bond acceptors (Lipinski definition) is 3. The molecular formula is C11H17CaNO2. The minimum atomic E-state index is -0.332. The first-order chi connectivity index (χ1) is 6.84. The molecule has 0 N–H and O–H groups in total. The van der Waals surface area contributed by atoms with Gasteiger partial charge in [0.1, 0.15) is 5.69 Å². The van der Waals surface area contributed by atoms with E-state index in [-0.39, 0.29) is 43.7 Å². The number of pyridine rings is 1. The molecular weight excluding hydrogens is 218 g/mol. The second kappa shape index (κ2) is 9.13. The molecule has 1 heterocycles. The van der Waals surface area contributed by atoms with E-state index in [0.29, 0.717) is 12.3 Å². The summed E-state index contributed by atoms with van der Waals surface area (Å²) in [7, 11) is 0. The van der Waals surface area contributed by atoms with Crippen LogP contribution in [-0.4, -0.2) is 55.3 Å². The summed E-state index contributed by atoms with van der Waals surface area (Å²) >= 11 is 0. The Hall–Kier alpha value is -0.120. The molecule has 0 aliphatic heterocycles. The molecule has 0 saturated heterocycles. The third-order valence-electron chi connectivity index (χ3n) is 1.86. The Kier molecular flexibility index (Phi) is 9.06. The van der Waals surface area contributed by atoms with Gasteiger partial charge in [-0.05, 0) is 18.6 Å². The SMILES string of the molecule is CCCCCOC(=O)c1ccccn1.[CaH2]. The van der Waals surface area contributed by atoms with Crippen molar-refractivity contribution in [2.24, 2.45) is 0 Å². The molecule has 1 rings (SSSR count). The molecule has 0 saturated carbocycles. The number of esters is 1. The molecule has 0 fully saturated rings. The molecule has 0 aliphatic carbocycles. The third kappa shape index (κ3) is 6.13. The number of unbranched alkanes of at least 4 members (excludes halogenated alkanes) is 2. The Bertz CT molecular complexity index is 277. The normalized spacial score (nSPS) is 9.13. The van der Waals surface area contributed by atoms with Crippen LogP contribution in [0, 0.1) is 0 Å². The number of rotatable bonds is 5. The van der Waals surface area contributed by atoms with Gasteiger partial charge in [0.25, 0.3) is 0 Å². The molecule has 80 valence electrons. The van der Waals surface area contributed by atoms with Crippen LogP contribution in [0.3, 0.4) is 0 Å². The second-order valence-electron chi connectivity index (χ2n) is 3.06. The number of hydrogen-bond donors (Lipinski definition) is 0. The monoisotopic (exact) mass is 235 g/mol. The van der Waals surface area contributed by atoms with Crippen LogP contribution in [0.1, 0.15) is 36.7 Å². The van der Waals surface area contributed by atoms with Crippen LogP contribution in [0.25, 0.3) is 0 Å². The predicted molar refractivity (Wildman–Crippen MR) is 62.6 cm³/mol. The van der Waals surface area contributed by atoms with Gasteiger partial charge in [0.2, 0.25) is 0 Å². The van der Waals surface area contributed by atoms with Gasteiger partial charge in [-0.1, -0.05) is 25.8 Å². The molecule has 0 aliphatic rings. The molecule has 0 bridgehead atoms. The van der Waals surface area contributed by atoms with Gasteiger partial charge in [-0.2, -0.15) is 0 Å². The predicted octanol–water partition coefficient (Wildman–Crippen LogP) is 1.51. The second-order valence-corrected chi connectivity index (χ2v) is 3.06. The maximum absolute atomic E-state index is 11.3. The van der Waals surface area contributed by atoms with E-state index >= 15 is 0 Å². The van der Waals surface area contributed by atoms with E-state index in [9.17, 15) is 4.79 Å². The van der Waals surface area contributed by atoms with Crippen molar-refractivity contribution in [2.45, 2.75) is 26.2 Å². The number of ether oxygens (including phenoxy) is 1. The standard InChI is InChI=1S/C11H15NO2.Ca.2H/c1-2-3-6-9-14-11(13)10-7-4-5-8-12-10;;;/h4-5,7-8H,2-3,6,9H2,1H3;;;. The van der Waals surface area contributed by atoms with Gasteiger partial charge in [-0.15, -0.1) is 0 Å². The fourth-order valence-electron chi connectivity index (χ4n) is 1.07. The zero-order chi connectivity index (χ0) is 10.2. The molecule has 4 heteroatoms. The fraction of sp³-hybridized carbons (Fsp3) is 0.455. The van der Waals surface area contributed by atoms with Crippen LogP contribution < -0.4 is 0 Å². The number of carbonyl (C=O) groups is 1. The van der Waals surface area contributed by atoms with Crippen molar-refractivity contribution in [1.29, 1.82) is 0 Å². The zero-order valence-electron chi connectivity index (χ0n) is 8.40. The summed E-state index contributed by atoms with van der Waals surface area (Å²) in [4.78, 5) is 15.2. The Morgan fingerprint density at radius 3 is 2.80 bits per heavy atom. The molecule has 0 radical (unpaired) electrons. The van der Waals surface area contributed by atoms with Gasteiger partial charge < -0.3 is 4.74 Å². The van der Waals surface area contributed by atoms with Crippen molar-refractivity contribution >= 4 is 43.7 Å². The van der Waals surface area contributed by atoms with Crippen molar-refractivity contribution in [1.82, 2.24) is 4.98 Å². The molecule has 3 nitrogen and oxygen atoms in total. The van der Waals surface area contributed by atoms with Crippen LogP contribution in [0.5, 0.6) is 0 Å². The summed E-state index contributed by atoms with van der Waals surface area (Å²) < 4.78 is 5.03. The first-order valence-electron chi connectivity index (χ1n) is 4.92. The first-order valence-corrected chi connectivity index (χ1v) is 4.92. The van der Waals surface area contributed by atoms with Crippen molar-refractivity contribution in [3.05, 3.63) is 30.1 Å². The Labute approximate surface area is 120 Å². The van der Waals surface area contributed by atoms with Crippen molar-refractivity contribution < 1.29 is 9.53 Å². The molecule has 0 spiro atoms. The van der Waals surface area contributed by atoms with Gasteiger partial charge in [0, 0.05) is 6.20 Å². The van der Waals surface area contributed by atoms with Gasteiger partial charge in [-0.25, -0.2) is 9.78 Å². The van der Waals surface area contributed by atoms with Gasteiger partial charge in [0.15, 0.2) is 0 Å². The van der Waals surface area contributed by atoms with Gasteiger partial charge in [-0.3, -0.25) is 0 Å². The third-order valence-corrected chi connectivity index (χ3v) is 1.86. The van der Waals surface area contributed by atoms with Gasteiger partial charge in [0.05, 0.1) is 6.61 Å². The van der Waals surface area contributed by atoms with E-state index < -0.39 is 0 Å². The fourth-order valence-corrected chi connectivity index (χ4v) is 1.07. The molecule has 15 heavy (non-hydrogen) atoms. The molecule has 0 unspecified atom stereocenters. The van der Waals surface area contributed by atoms with Crippen molar-refractivity contribution in [2.75, 3.05) is 6.61 Å². The van der Waals surface area contributed by atoms with E-state index in [1.54, 1.807) is 24.4 Å². The van der Waals surface area contributed by atoms with E-state index in [0.717, 1.165) is 19.3 Å². The average Bonchev–Trinajstić information content (AvgIpc) is 2.25. The Morgan fingerprint density at radius 1 is 1.40 bits per heavy atom. The number of nitrogens with zero attached hydrogens (tertiary/aromatic N) is 1. The summed E-state index contributed by atoms with van der Waals surface area (Å²) in [6, 6.07) is 5.20. The molecule has 1 aromatic rings. The van der Waals surface area contributed by atoms with Crippen LogP contribution in [0.4, 0.5) is 0 Å². The van der Waals surface area contributed by atoms with Gasteiger partial charge >= 0.3 is 43.7 Å². The molecule has 1 aromatic heterocycles. The minimum absolute atomic E-state index is 0. The molecule has 0 amide bonds. The van der Waals surface area contributed by atoms with Crippen LogP contribution in [0.15, 0.2) is 24.4 Å². The average molecular weight is 235 g/mol. The van der Waals surface area contributed by atoms with E-state index in [2.05, 4.69) is 11.9 Å². The van der Waals surface area contributed by atoms with E-state index in [1.807, 2.05) is 0 Å². The Balaban J connectivity index is 0.00000196. The van der Waals surface area contributed by atoms with Crippen molar-refractivity contribution in [3.8, 4) is 0 Å².